The SMILES string of the molecule is O=c1c2ncccc2n(Cc2ccccc2)c(=O)n1Cc1ccccc1. The Morgan fingerprint density at radius 3 is 1.88 bits per heavy atom. The summed E-state index contributed by atoms with van der Waals surface area (Å²) in [5.74, 6) is 0. The van der Waals surface area contributed by atoms with Gasteiger partial charge in [0.25, 0.3) is 5.56 Å². The number of hydrogen-bond acceptors (Lipinski definition) is 3. The Labute approximate surface area is 149 Å². The minimum Gasteiger partial charge on any atom is -0.287 e. The second-order valence-electron chi connectivity index (χ2n) is 6.10. The molecule has 26 heavy (non-hydrogen) atoms. The zero-order valence-electron chi connectivity index (χ0n) is 14.1. The van der Waals surface area contributed by atoms with Gasteiger partial charge in [0.15, 0.2) is 5.52 Å². The number of nitrogens with zero attached hydrogens (tertiary/aromatic N) is 3. The van der Waals surface area contributed by atoms with Crippen molar-refractivity contribution in [2.45, 2.75) is 13.1 Å². The van der Waals surface area contributed by atoms with Gasteiger partial charge in [-0.05, 0) is 23.3 Å². The second kappa shape index (κ2) is 6.80. The van der Waals surface area contributed by atoms with E-state index in [1.54, 1.807) is 22.9 Å². The van der Waals surface area contributed by atoms with E-state index in [4.69, 9.17) is 0 Å². The van der Waals surface area contributed by atoms with E-state index in [0.29, 0.717) is 17.6 Å². The minimum absolute atomic E-state index is 0.222. The maximum absolute atomic E-state index is 13.1. The van der Waals surface area contributed by atoms with Gasteiger partial charge in [0, 0.05) is 6.20 Å². The van der Waals surface area contributed by atoms with Crippen molar-refractivity contribution < 1.29 is 0 Å². The molecule has 0 aliphatic heterocycles. The molecule has 0 bridgehead atoms. The average molecular weight is 343 g/mol. The minimum atomic E-state index is -0.362. The number of rotatable bonds is 4. The quantitative estimate of drug-likeness (QED) is 0.572. The molecule has 0 N–H and O–H groups in total. The molecule has 0 unspecified atom stereocenters. The summed E-state index contributed by atoms with van der Waals surface area (Å²) in [6.07, 6.45) is 1.58. The fourth-order valence-corrected chi connectivity index (χ4v) is 3.07. The van der Waals surface area contributed by atoms with E-state index in [1.165, 1.54) is 4.57 Å². The van der Waals surface area contributed by atoms with Gasteiger partial charge in [0.2, 0.25) is 0 Å². The fraction of sp³-hybridized carbons (Fsp3) is 0.0952. The Morgan fingerprint density at radius 2 is 1.27 bits per heavy atom. The van der Waals surface area contributed by atoms with Crippen LogP contribution in [-0.2, 0) is 13.1 Å². The van der Waals surface area contributed by atoms with Crippen molar-refractivity contribution in [2.24, 2.45) is 0 Å². The molecule has 4 rings (SSSR count). The highest BCUT2D eigenvalue weighted by molar-refractivity contribution is 5.73. The van der Waals surface area contributed by atoms with Gasteiger partial charge in [-0.1, -0.05) is 60.7 Å². The summed E-state index contributed by atoms with van der Waals surface area (Å²) in [5, 5.41) is 0. The molecule has 0 saturated heterocycles. The molecule has 0 spiro atoms. The average Bonchev–Trinajstić information content (AvgIpc) is 2.70. The Balaban J connectivity index is 1.92. The van der Waals surface area contributed by atoms with Crippen LogP contribution in [-0.4, -0.2) is 14.1 Å². The summed E-state index contributed by atoms with van der Waals surface area (Å²) in [7, 11) is 0. The summed E-state index contributed by atoms with van der Waals surface area (Å²) in [6.45, 7) is 0.608. The molecule has 0 aliphatic rings. The second-order valence-corrected chi connectivity index (χ2v) is 6.10. The van der Waals surface area contributed by atoms with Crippen molar-refractivity contribution in [3.63, 3.8) is 0 Å². The van der Waals surface area contributed by atoms with Crippen LogP contribution in [0.4, 0.5) is 0 Å². The van der Waals surface area contributed by atoms with Gasteiger partial charge in [-0.25, -0.2) is 9.78 Å². The van der Waals surface area contributed by atoms with Crippen molar-refractivity contribution in [1.29, 1.82) is 0 Å². The number of benzene rings is 2. The van der Waals surface area contributed by atoms with Crippen molar-refractivity contribution in [3.05, 3.63) is 111 Å². The molecule has 0 saturated carbocycles. The molecule has 0 fully saturated rings. The van der Waals surface area contributed by atoms with Gasteiger partial charge < -0.3 is 0 Å². The third kappa shape index (κ3) is 2.95. The van der Waals surface area contributed by atoms with Crippen molar-refractivity contribution in [3.8, 4) is 0 Å². The molecule has 2 heterocycles. The third-order valence-electron chi connectivity index (χ3n) is 4.35. The Morgan fingerprint density at radius 1 is 0.692 bits per heavy atom. The number of hydrogen-bond donors (Lipinski definition) is 0. The monoisotopic (exact) mass is 343 g/mol. The number of aromatic nitrogens is 3. The fourth-order valence-electron chi connectivity index (χ4n) is 3.07. The van der Waals surface area contributed by atoms with Crippen LogP contribution in [0.5, 0.6) is 0 Å². The summed E-state index contributed by atoms with van der Waals surface area (Å²) in [5.41, 5.74) is 2.05. The van der Waals surface area contributed by atoms with Crippen molar-refractivity contribution in [1.82, 2.24) is 14.1 Å². The van der Waals surface area contributed by atoms with Crippen LogP contribution in [0.25, 0.3) is 11.0 Å². The van der Waals surface area contributed by atoms with E-state index in [2.05, 4.69) is 4.98 Å². The van der Waals surface area contributed by atoms with Crippen LogP contribution in [0.1, 0.15) is 11.1 Å². The highest BCUT2D eigenvalue weighted by Gasteiger charge is 2.14. The Hall–Kier alpha value is -3.47. The zero-order chi connectivity index (χ0) is 17.9. The molecule has 2 aromatic heterocycles. The molecule has 0 aliphatic carbocycles. The Kier molecular flexibility index (Phi) is 4.19. The van der Waals surface area contributed by atoms with Crippen molar-refractivity contribution >= 4 is 11.0 Å². The van der Waals surface area contributed by atoms with E-state index in [9.17, 15) is 9.59 Å². The van der Waals surface area contributed by atoms with E-state index >= 15 is 0 Å². The van der Waals surface area contributed by atoms with Crippen molar-refractivity contribution in [2.75, 3.05) is 0 Å². The molecular weight excluding hydrogens is 326 g/mol. The third-order valence-corrected chi connectivity index (χ3v) is 4.35. The van der Waals surface area contributed by atoms with E-state index in [-0.39, 0.29) is 17.8 Å². The topological polar surface area (TPSA) is 56.9 Å². The maximum atomic E-state index is 13.1. The first-order valence-electron chi connectivity index (χ1n) is 8.40. The van der Waals surface area contributed by atoms with Crippen LogP contribution in [0, 0.1) is 0 Å². The molecular formula is C21H17N3O2. The molecule has 4 aromatic rings. The van der Waals surface area contributed by atoms with Gasteiger partial charge >= 0.3 is 5.69 Å². The van der Waals surface area contributed by atoms with E-state index in [0.717, 1.165) is 11.1 Å². The lowest BCUT2D eigenvalue weighted by Gasteiger charge is -2.14. The number of pyridine rings is 1. The summed E-state index contributed by atoms with van der Waals surface area (Å²) < 4.78 is 2.87. The highest BCUT2D eigenvalue weighted by atomic mass is 16.2. The van der Waals surface area contributed by atoms with Crippen LogP contribution >= 0.6 is 0 Å². The molecule has 5 nitrogen and oxygen atoms in total. The van der Waals surface area contributed by atoms with Gasteiger partial charge in [-0.3, -0.25) is 13.9 Å². The standard InChI is InChI=1S/C21H17N3O2/c25-20-19-18(12-7-13-22-19)23(14-16-8-3-1-4-9-16)21(26)24(20)15-17-10-5-2-6-11-17/h1-13H,14-15H2. The maximum Gasteiger partial charge on any atom is 0.332 e. The summed E-state index contributed by atoms with van der Waals surface area (Å²) >= 11 is 0. The zero-order valence-corrected chi connectivity index (χ0v) is 14.1. The lowest BCUT2D eigenvalue weighted by atomic mass is 10.2. The van der Waals surface area contributed by atoms with E-state index in [1.807, 2.05) is 60.7 Å². The van der Waals surface area contributed by atoms with Crippen LogP contribution < -0.4 is 11.2 Å². The largest absolute Gasteiger partial charge is 0.332 e. The molecule has 0 amide bonds. The molecule has 128 valence electrons. The van der Waals surface area contributed by atoms with Gasteiger partial charge in [0.1, 0.15) is 0 Å². The first-order chi connectivity index (χ1) is 12.7. The lowest BCUT2D eigenvalue weighted by Crippen LogP contribution is -2.40. The molecule has 0 radical (unpaired) electrons. The highest BCUT2D eigenvalue weighted by Crippen LogP contribution is 2.09. The van der Waals surface area contributed by atoms with Gasteiger partial charge in [0.05, 0.1) is 18.6 Å². The first kappa shape index (κ1) is 16.0. The van der Waals surface area contributed by atoms with E-state index < -0.39 is 0 Å². The van der Waals surface area contributed by atoms with Crippen LogP contribution in [0.2, 0.25) is 0 Å². The Bertz CT molecular complexity index is 1160. The molecule has 0 atom stereocenters. The number of fused-ring (bicyclic) bond motifs is 1. The smallest absolute Gasteiger partial charge is 0.287 e. The summed E-state index contributed by atoms with van der Waals surface area (Å²) in [6, 6.07) is 22.7. The molecule has 5 heteroatoms. The first-order valence-corrected chi connectivity index (χ1v) is 8.40. The normalized spacial score (nSPS) is 10.9. The predicted molar refractivity (Wildman–Crippen MR) is 101 cm³/mol. The lowest BCUT2D eigenvalue weighted by molar-refractivity contribution is 0.633. The van der Waals surface area contributed by atoms with Gasteiger partial charge in [-0.15, -0.1) is 0 Å². The van der Waals surface area contributed by atoms with Crippen LogP contribution in [0.3, 0.4) is 0 Å². The molecule has 2 aromatic carbocycles. The summed E-state index contributed by atoms with van der Waals surface area (Å²) in [4.78, 5) is 30.2. The predicted octanol–water partition coefficient (Wildman–Crippen LogP) is 2.65. The van der Waals surface area contributed by atoms with Crippen LogP contribution in [0.15, 0.2) is 88.6 Å². The van der Waals surface area contributed by atoms with Gasteiger partial charge in [-0.2, -0.15) is 0 Å².